The molecule has 19 heavy (non-hydrogen) atoms. The summed E-state index contributed by atoms with van der Waals surface area (Å²) in [6, 6.07) is 7.55. The van der Waals surface area contributed by atoms with E-state index in [0.717, 1.165) is 19.4 Å². The second-order valence-electron chi connectivity index (χ2n) is 5.54. The van der Waals surface area contributed by atoms with Crippen molar-refractivity contribution in [1.29, 1.82) is 0 Å². The van der Waals surface area contributed by atoms with Crippen molar-refractivity contribution in [2.45, 2.75) is 66.3 Å². The fourth-order valence-corrected chi connectivity index (χ4v) is 2.94. The summed E-state index contributed by atoms with van der Waals surface area (Å²) in [7, 11) is 0. The molecule has 1 N–H and O–H groups in total. The number of benzene rings is 1. The third-order valence-corrected chi connectivity index (χ3v) is 4.07. The highest BCUT2D eigenvalue weighted by Crippen LogP contribution is 2.29. The Balaban J connectivity index is 3.11. The first kappa shape index (κ1) is 16.2. The smallest absolute Gasteiger partial charge is 0.0348 e. The van der Waals surface area contributed by atoms with E-state index in [1.807, 2.05) is 0 Å². The highest BCUT2D eigenvalue weighted by Gasteiger charge is 2.20. The summed E-state index contributed by atoms with van der Waals surface area (Å²) in [5.74, 6) is 0.697. The summed E-state index contributed by atoms with van der Waals surface area (Å²) in [4.78, 5) is 0. The van der Waals surface area contributed by atoms with Gasteiger partial charge in [-0.15, -0.1) is 0 Å². The van der Waals surface area contributed by atoms with Gasteiger partial charge < -0.3 is 5.32 Å². The van der Waals surface area contributed by atoms with Crippen LogP contribution in [0.1, 0.15) is 70.2 Å². The lowest BCUT2D eigenvalue weighted by Gasteiger charge is -2.27. The van der Waals surface area contributed by atoms with E-state index in [-0.39, 0.29) is 0 Å². The van der Waals surface area contributed by atoms with Crippen LogP contribution in [0, 0.1) is 5.92 Å². The van der Waals surface area contributed by atoms with Gasteiger partial charge in [0, 0.05) is 6.04 Å². The number of aryl methyl sites for hydroxylation is 2. The SMILES string of the molecule is CCCC(C)C(NCC)c1cc(CC)ccc1CC. The van der Waals surface area contributed by atoms with Gasteiger partial charge in [-0.2, -0.15) is 0 Å². The van der Waals surface area contributed by atoms with E-state index in [1.165, 1.54) is 29.5 Å². The number of rotatable bonds is 8. The Kier molecular flexibility index (Phi) is 7.15. The summed E-state index contributed by atoms with van der Waals surface area (Å²) in [5, 5.41) is 3.71. The first-order valence-electron chi connectivity index (χ1n) is 8.02. The zero-order valence-corrected chi connectivity index (χ0v) is 13.4. The lowest BCUT2D eigenvalue weighted by atomic mass is 9.86. The summed E-state index contributed by atoms with van der Waals surface area (Å²) in [5.41, 5.74) is 4.49. The molecule has 0 aliphatic carbocycles. The molecule has 0 aliphatic heterocycles. The van der Waals surface area contributed by atoms with Crippen LogP contribution in [0.25, 0.3) is 0 Å². The van der Waals surface area contributed by atoms with E-state index < -0.39 is 0 Å². The van der Waals surface area contributed by atoms with Gasteiger partial charge in [0.25, 0.3) is 0 Å². The molecule has 0 aliphatic rings. The summed E-state index contributed by atoms with van der Waals surface area (Å²) in [6.07, 6.45) is 4.80. The van der Waals surface area contributed by atoms with Crippen LogP contribution in [-0.2, 0) is 12.8 Å². The second-order valence-corrected chi connectivity index (χ2v) is 5.54. The molecule has 1 heteroatoms. The van der Waals surface area contributed by atoms with Crippen LogP contribution in [0.2, 0.25) is 0 Å². The van der Waals surface area contributed by atoms with Gasteiger partial charge in [-0.3, -0.25) is 0 Å². The zero-order valence-electron chi connectivity index (χ0n) is 13.4. The Labute approximate surface area is 119 Å². The molecule has 0 bridgehead atoms. The standard InChI is InChI=1S/C18H31N/c1-6-10-14(5)18(19-9-4)17-13-15(7-2)11-12-16(17)8-3/h11-14,18-19H,6-10H2,1-5H3. The van der Waals surface area contributed by atoms with E-state index in [0.29, 0.717) is 12.0 Å². The van der Waals surface area contributed by atoms with Crippen LogP contribution in [0.3, 0.4) is 0 Å². The Hall–Kier alpha value is -0.820. The van der Waals surface area contributed by atoms with Crippen LogP contribution < -0.4 is 5.32 Å². The Morgan fingerprint density at radius 1 is 1.05 bits per heavy atom. The van der Waals surface area contributed by atoms with Crippen molar-refractivity contribution in [2.24, 2.45) is 5.92 Å². The van der Waals surface area contributed by atoms with Crippen LogP contribution >= 0.6 is 0 Å². The highest BCUT2D eigenvalue weighted by molar-refractivity contribution is 5.35. The minimum absolute atomic E-state index is 0.506. The van der Waals surface area contributed by atoms with Crippen LogP contribution in [0.5, 0.6) is 0 Å². The molecule has 0 radical (unpaired) electrons. The lowest BCUT2D eigenvalue weighted by Crippen LogP contribution is -2.28. The average Bonchev–Trinajstić information content (AvgIpc) is 2.44. The fourth-order valence-electron chi connectivity index (χ4n) is 2.94. The predicted molar refractivity (Wildman–Crippen MR) is 85.7 cm³/mol. The molecule has 1 aromatic carbocycles. The van der Waals surface area contributed by atoms with Gasteiger partial charge in [0.15, 0.2) is 0 Å². The molecule has 0 spiro atoms. The van der Waals surface area contributed by atoms with Gasteiger partial charge in [-0.05, 0) is 48.4 Å². The predicted octanol–water partition coefficient (Wildman–Crippen LogP) is 4.90. The van der Waals surface area contributed by atoms with Crippen molar-refractivity contribution >= 4 is 0 Å². The molecule has 0 fully saturated rings. The third kappa shape index (κ3) is 4.35. The molecule has 0 amide bonds. The van der Waals surface area contributed by atoms with Crippen molar-refractivity contribution < 1.29 is 0 Å². The van der Waals surface area contributed by atoms with E-state index in [9.17, 15) is 0 Å². The number of nitrogens with one attached hydrogen (secondary N) is 1. The molecule has 108 valence electrons. The molecular weight excluding hydrogens is 230 g/mol. The van der Waals surface area contributed by atoms with Gasteiger partial charge in [-0.25, -0.2) is 0 Å². The van der Waals surface area contributed by atoms with Gasteiger partial charge in [0.2, 0.25) is 0 Å². The minimum Gasteiger partial charge on any atom is -0.310 e. The van der Waals surface area contributed by atoms with E-state index in [4.69, 9.17) is 0 Å². The molecule has 0 heterocycles. The lowest BCUT2D eigenvalue weighted by molar-refractivity contribution is 0.367. The molecule has 1 aromatic rings. The normalized spacial score (nSPS) is 14.4. The van der Waals surface area contributed by atoms with Crippen molar-refractivity contribution in [2.75, 3.05) is 6.54 Å². The Bertz CT molecular complexity index is 370. The van der Waals surface area contributed by atoms with Crippen molar-refractivity contribution in [1.82, 2.24) is 5.32 Å². The van der Waals surface area contributed by atoms with E-state index in [2.05, 4.69) is 58.1 Å². The van der Waals surface area contributed by atoms with Gasteiger partial charge in [0.05, 0.1) is 0 Å². The molecule has 2 atom stereocenters. The molecule has 2 unspecified atom stereocenters. The quantitative estimate of drug-likeness (QED) is 0.702. The van der Waals surface area contributed by atoms with Gasteiger partial charge in [0.1, 0.15) is 0 Å². The molecule has 0 saturated carbocycles. The van der Waals surface area contributed by atoms with E-state index in [1.54, 1.807) is 0 Å². The molecule has 1 rings (SSSR count). The first-order valence-corrected chi connectivity index (χ1v) is 8.02. The maximum absolute atomic E-state index is 3.71. The van der Waals surface area contributed by atoms with Gasteiger partial charge in [-0.1, -0.05) is 59.2 Å². The monoisotopic (exact) mass is 261 g/mol. The molecular formula is C18H31N. The average molecular weight is 261 g/mol. The fraction of sp³-hybridized carbons (Fsp3) is 0.667. The summed E-state index contributed by atoms with van der Waals surface area (Å²) < 4.78 is 0. The first-order chi connectivity index (χ1) is 9.17. The number of hydrogen-bond donors (Lipinski definition) is 1. The summed E-state index contributed by atoms with van der Waals surface area (Å²) >= 11 is 0. The summed E-state index contributed by atoms with van der Waals surface area (Å²) in [6.45, 7) is 12.4. The number of hydrogen-bond acceptors (Lipinski definition) is 1. The van der Waals surface area contributed by atoms with Crippen molar-refractivity contribution in [3.63, 3.8) is 0 Å². The van der Waals surface area contributed by atoms with Crippen molar-refractivity contribution in [3.05, 3.63) is 34.9 Å². The molecule has 1 nitrogen and oxygen atoms in total. The highest BCUT2D eigenvalue weighted by atomic mass is 14.9. The largest absolute Gasteiger partial charge is 0.310 e. The van der Waals surface area contributed by atoms with Gasteiger partial charge >= 0.3 is 0 Å². The molecule has 0 saturated heterocycles. The zero-order chi connectivity index (χ0) is 14.3. The topological polar surface area (TPSA) is 12.0 Å². The van der Waals surface area contributed by atoms with Crippen LogP contribution in [-0.4, -0.2) is 6.54 Å². The minimum atomic E-state index is 0.506. The molecule has 0 aromatic heterocycles. The van der Waals surface area contributed by atoms with Crippen LogP contribution in [0.15, 0.2) is 18.2 Å². The third-order valence-electron chi connectivity index (χ3n) is 4.07. The van der Waals surface area contributed by atoms with E-state index >= 15 is 0 Å². The van der Waals surface area contributed by atoms with Crippen LogP contribution in [0.4, 0.5) is 0 Å². The maximum Gasteiger partial charge on any atom is 0.0348 e. The Morgan fingerprint density at radius 3 is 2.32 bits per heavy atom. The maximum atomic E-state index is 3.71. The second kappa shape index (κ2) is 8.37. The Morgan fingerprint density at radius 2 is 1.79 bits per heavy atom. The van der Waals surface area contributed by atoms with Crippen molar-refractivity contribution in [3.8, 4) is 0 Å².